The number of rotatable bonds is 8. The van der Waals surface area contributed by atoms with Gasteiger partial charge in [-0.3, -0.25) is 4.79 Å². The first-order valence-corrected chi connectivity index (χ1v) is 6.65. The second kappa shape index (κ2) is 7.75. The molecule has 1 aromatic carbocycles. The summed E-state index contributed by atoms with van der Waals surface area (Å²) in [4.78, 5) is 11.6. The van der Waals surface area contributed by atoms with Crippen molar-refractivity contribution in [1.82, 2.24) is 0 Å². The monoisotopic (exact) mass is 250 g/mol. The quantitative estimate of drug-likeness (QED) is 0.519. The first kappa shape index (κ1) is 14.6. The molecule has 3 heteroatoms. The fraction of sp³-hybridized carbons (Fsp3) is 0.533. The number of ether oxygens (including phenoxy) is 2. The Morgan fingerprint density at radius 2 is 1.89 bits per heavy atom. The Hall–Kier alpha value is -1.51. The minimum atomic E-state index is 0.121. The van der Waals surface area contributed by atoms with E-state index in [0.717, 1.165) is 18.6 Å². The van der Waals surface area contributed by atoms with Crippen LogP contribution in [0, 0.1) is 0 Å². The van der Waals surface area contributed by atoms with Crippen molar-refractivity contribution in [2.24, 2.45) is 0 Å². The van der Waals surface area contributed by atoms with Crippen LogP contribution in [-0.4, -0.2) is 19.0 Å². The van der Waals surface area contributed by atoms with Gasteiger partial charge < -0.3 is 9.47 Å². The van der Waals surface area contributed by atoms with E-state index in [1.165, 1.54) is 0 Å². The number of carbonyl (C=O) groups excluding carboxylic acids is 1. The molecule has 0 bridgehead atoms. The second-order valence-corrected chi connectivity index (χ2v) is 4.07. The van der Waals surface area contributed by atoms with Crippen molar-refractivity contribution in [3.05, 3.63) is 23.8 Å². The molecule has 0 amide bonds. The van der Waals surface area contributed by atoms with Crippen LogP contribution >= 0.6 is 0 Å². The second-order valence-electron chi connectivity index (χ2n) is 4.07. The molecule has 0 fully saturated rings. The van der Waals surface area contributed by atoms with E-state index in [-0.39, 0.29) is 5.78 Å². The molecule has 0 aromatic heterocycles. The summed E-state index contributed by atoms with van der Waals surface area (Å²) in [6.45, 7) is 7.14. The molecular weight excluding hydrogens is 228 g/mol. The van der Waals surface area contributed by atoms with Gasteiger partial charge in [0, 0.05) is 12.0 Å². The van der Waals surface area contributed by atoms with Gasteiger partial charge in [0.25, 0.3) is 0 Å². The molecule has 0 radical (unpaired) electrons. The van der Waals surface area contributed by atoms with Gasteiger partial charge in [0.2, 0.25) is 0 Å². The van der Waals surface area contributed by atoms with Crippen molar-refractivity contribution >= 4 is 5.78 Å². The smallest absolute Gasteiger partial charge is 0.162 e. The number of benzene rings is 1. The fourth-order valence-electron chi connectivity index (χ4n) is 1.60. The lowest BCUT2D eigenvalue weighted by atomic mass is 10.1. The van der Waals surface area contributed by atoms with E-state index >= 15 is 0 Å². The Kier molecular flexibility index (Phi) is 6.26. The van der Waals surface area contributed by atoms with Crippen molar-refractivity contribution in [3.63, 3.8) is 0 Å². The Morgan fingerprint density at radius 1 is 1.11 bits per heavy atom. The van der Waals surface area contributed by atoms with Crippen LogP contribution in [0.1, 0.15) is 50.4 Å². The number of carbonyl (C=O) groups is 1. The van der Waals surface area contributed by atoms with E-state index in [2.05, 4.69) is 6.92 Å². The summed E-state index contributed by atoms with van der Waals surface area (Å²) in [7, 11) is 0. The van der Waals surface area contributed by atoms with E-state index in [9.17, 15) is 4.79 Å². The zero-order valence-electron chi connectivity index (χ0n) is 11.5. The van der Waals surface area contributed by atoms with Gasteiger partial charge in [0.05, 0.1) is 13.2 Å². The third-order valence-corrected chi connectivity index (χ3v) is 2.64. The van der Waals surface area contributed by atoms with Gasteiger partial charge in [-0.15, -0.1) is 0 Å². The Bertz CT molecular complexity index is 385. The SMILES string of the molecule is CCCCOc1ccc(C(=O)CC)cc1OCC. The first-order valence-electron chi connectivity index (χ1n) is 6.65. The first-order chi connectivity index (χ1) is 8.72. The van der Waals surface area contributed by atoms with Crippen LogP contribution < -0.4 is 9.47 Å². The van der Waals surface area contributed by atoms with Gasteiger partial charge >= 0.3 is 0 Å². The third kappa shape index (κ3) is 4.06. The fourth-order valence-corrected chi connectivity index (χ4v) is 1.60. The number of hydrogen-bond acceptors (Lipinski definition) is 3. The highest BCUT2D eigenvalue weighted by molar-refractivity contribution is 5.96. The maximum atomic E-state index is 11.6. The number of Topliss-reactive ketones (excluding diaryl/α,β-unsaturated/α-hetero) is 1. The van der Waals surface area contributed by atoms with Crippen LogP contribution in [0.15, 0.2) is 18.2 Å². The van der Waals surface area contributed by atoms with Crippen molar-refractivity contribution in [2.75, 3.05) is 13.2 Å². The highest BCUT2D eigenvalue weighted by atomic mass is 16.5. The average Bonchev–Trinajstić information content (AvgIpc) is 2.40. The summed E-state index contributed by atoms with van der Waals surface area (Å²) in [6, 6.07) is 5.40. The van der Waals surface area contributed by atoms with Crippen LogP contribution in [0.25, 0.3) is 0 Å². The number of unbranched alkanes of at least 4 members (excludes halogenated alkanes) is 1. The van der Waals surface area contributed by atoms with E-state index in [4.69, 9.17) is 9.47 Å². The topological polar surface area (TPSA) is 35.5 Å². The van der Waals surface area contributed by atoms with Crippen molar-refractivity contribution < 1.29 is 14.3 Å². The summed E-state index contributed by atoms with van der Waals surface area (Å²) in [5, 5.41) is 0. The molecule has 0 saturated heterocycles. The third-order valence-electron chi connectivity index (χ3n) is 2.64. The molecule has 100 valence electrons. The van der Waals surface area contributed by atoms with Gasteiger partial charge in [-0.1, -0.05) is 20.3 Å². The molecule has 0 atom stereocenters. The summed E-state index contributed by atoms with van der Waals surface area (Å²) in [5.74, 6) is 1.50. The molecule has 0 unspecified atom stereocenters. The summed E-state index contributed by atoms with van der Waals surface area (Å²) >= 11 is 0. The molecule has 0 heterocycles. The van der Waals surface area contributed by atoms with E-state index in [0.29, 0.717) is 30.9 Å². The molecule has 3 nitrogen and oxygen atoms in total. The van der Waals surface area contributed by atoms with Crippen molar-refractivity contribution in [3.8, 4) is 11.5 Å². The molecule has 1 rings (SSSR count). The minimum absolute atomic E-state index is 0.121. The lowest BCUT2D eigenvalue weighted by molar-refractivity contribution is 0.0987. The molecule has 0 N–H and O–H groups in total. The molecule has 0 aliphatic rings. The lowest BCUT2D eigenvalue weighted by Gasteiger charge is -2.12. The minimum Gasteiger partial charge on any atom is -0.490 e. The molecule has 0 saturated carbocycles. The van der Waals surface area contributed by atoms with E-state index < -0.39 is 0 Å². The highest BCUT2D eigenvalue weighted by Gasteiger charge is 2.10. The molecule has 0 spiro atoms. The maximum Gasteiger partial charge on any atom is 0.162 e. The van der Waals surface area contributed by atoms with Gasteiger partial charge in [-0.25, -0.2) is 0 Å². The summed E-state index contributed by atoms with van der Waals surface area (Å²) in [5.41, 5.74) is 0.684. The molecule has 1 aromatic rings. The van der Waals surface area contributed by atoms with E-state index in [1.807, 2.05) is 19.9 Å². The largest absolute Gasteiger partial charge is 0.490 e. The van der Waals surface area contributed by atoms with Gasteiger partial charge in [-0.05, 0) is 31.5 Å². The lowest BCUT2D eigenvalue weighted by Crippen LogP contribution is -2.03. The van der Waals surface area contributed by atoms with Crippen LogP contribution in [0.3, 0.4) is 0 Å². The average molecular weight is 250 g/mol. The van der Waals surface area contributed by atoms with Gasteiger partial charge in [0.1, 0.15) is 0 Å². The predicted octanol–water partition coefficient (Wildman–Crippen LogP) is 3.86. The number of hydrogen-bond donors (Lipinski definition) is 0. The van der Waals surface area contributed by atoms with Crippen LogP contribution in [0.2, 0.25) is 0 Å². The Morgan fingerprint density at radius 3 is 2.50 bits per heavy atom. The van der Waals surface area contributed by atoms with Crippen molar-refractivity contribution in [1.29, 1.82) is 0 Å². The number of ketones is 1. The predicted molar refractivity (Wildman–Crippen MR) is 72.6 cm³/mol. The summed E-state index contributed by atoms with van der Waals surface area (Å²) < 4.78 is 11.2. The van der Waals surface area contributed by atoms with Crippen LogP contribution in [0.5, 0.6) is 11.5 Å². The normalized spacial score (nSPS) is 10.2. The maximum absolute atomic E-state index is 11.6. The van der Waals surface area contributed by atoms with Gasteiger partial charge in [-0.2, -0.15) is 0 Å². The highest BCUT2D eigenvalue weighted by Crippen LogP contribution is 2.29. The van der Waals surface area contributed by atoms with E-state index in [1.54, 1.807) is 12.1 Å². The van der Waals surface area contributed by atoms with Gasteiger partial charge in [0.15, 0.2) is 17.3 Å². The zero-order chi connectivity index (χ0) is 13.4. The van der Waals surface area contributed by atoms with Crippen LogP contribution in [0.4, 0.5) is 0 Å². The molecular formula is C15H22O3. The Balaban J connectivity index is 2.85. The molecule has 18 heavy (non-hydrogen) atoms. The zero-order valence-corrected chi connectivity index (χ0v) is 11.5. The summed E-state index contributed by atoms with van der Waals surface area (Å²) in [6.07, 6.45) is 2.61. The Labute approximate surface area is 109 Å². The molecule has 0 aliphatic heterocycles. The standard InChI is InChI=1S/C15H22O3/c1-4-7-10-18-14-9-8-12(13(16)5-2)11-15(14)17-6-3/h8-9,11H,4-7,10H2,1-3H3. The van der Waals surface area contributed by atoms with Crippen molar-refractivity contribution in [2.45, 2.75) is 40.0 Å². The molecule has 0 aliphatic carbocycles. The van der Waals surface area contributed by atoms with Crippen LogP contribution in [-0.2, 0) is 0 Å².